The largest absolute Gasteiger partial charge is 0.458 e. The van der Waals surface area contributed by atoms with Gasteiger partial charge in [-0.25, -0.2) is 4.98 Å². The van der Waals surface area contributed by atoms with Crippen molar-refractivity contribution in [2.75, 3.05) is 13.6 Å². The summed E-state index contributed by atoms with van der Waals surface area (Å²) in [7, 11) is 2.22. The van der Waals surface area contributed by atoms with Crippen LogP contribution in [0.2, 0.25) is 0 Å². The fraction of sp³-hybridized carbons (Fsp3) is 0.533. The van der Waals surface area contributed by atoms with Crippen LogP contribution in [0.1, 0.15) is 25.0 Å². The zero-order valence-corrected chi connectivity index (χ0v) is 11.7. The molecule has 0 bridgehead atoms. The Kier molecular flexibility index (Phi) is 3.42. The second kappa shape index (κ2) is 5.21. The molecule has 0 aliphatic carbocycles. The third-order valence-corrected chi connectivity index (χ3v) is 4.05. The van der Waals surface area contributed by atoms with E-state index in [4.69, 9.17) is 4.42 Å². The van der Waals surface area contributed by atoms with Crippen LogP contribution in [-0.2, 0) is 6.54 Å². The number of aromatic nitrogens is 2. The minimum atomic E-state index is 0.716. The molecule has 0 amide bonds. The van der Waals surface area contributed by atoms with Gasteiger partial charge >= 0.3 is 0 Å². The van der Waals surface area contributed by atoms with E-state index in [-0.39, 0.29) is 0 Å². The molecular formula is C15H21N3O. The molecule has 1 saturated heterocycles. The van der Waals surface area contributed by atoms with Crippen LogP contribution < -0.4 is 0 Å². The minimum Gasteiger partial charge on any atom is -0.458 e. The summed E-state index contributed by atoms with van der Waals surface area (Å²) < 4.78 is 7.87. The molecule has 0 spiro atoms. The van der Waals surface area contributed by atoms with Crippen LogP contribution in [-0.4, -0.2) is 34.1 Å². The quantitative estimate of drug-likeness (QED) is 0.846. The van der Waals surface area contributed by atoms with Gasteiger partial charge in [0.1, 0.15) is 5.76 Å². The van der Waals surface area contributed by atoms with E-state index in [9.17, 15) is 0 Å². The Morgan fingerprint density at radius 2 is 2.32 bits per heavy atom. The third-order valence-electron chi connectivity index (χ3n) is 4.05. The SMILES string of the molecule is Cc1ccc(-c2nccn2CC[C@@H]2CCCN2C)o1. The normalized spacial score (nSPS) is 20.2. The van der Waals surface area contributed by atoms with Crippen molar-refractivity contribution in [1.29, 1.82) is 0 Å². The lowest BCUT2D eigenvalue weighted by Gasteiger charge is -2.19. The molecule has 4 heteroatoms. The summed E-state index contributed by atoms with van der Waals surface area (Å²) in [6, 6.07) is 4.70. The maximum Gasteiger partial charge on any atom is 0.176 e. The highest BCUT2D eigenvalue weighted by atomic mass is 16.3. The molecule has 0 saturated carbocycles. The number of imidazole rings is 1. The molecule has 1 fully saturated rings. The first-order valence-corrected chi connectivity index (χ1v) is 7.02. The lowest BCUT2D eigenvalue weighted by molar-refractivity contribution is 0.286. The molecule has 19 heavy (non-hydrogen) atoms. The zero-order valence-electron chi connectivity index (χ0n) is 11.7. The lowest BCUT2D eigenvalue weighted by atomic mass is 10.1. The Hall–Kier alpha value is -1.55. The number of hydrogen-bond donors (Lipinski definition) is 0. The van der Waals surface area contributed by atoms with Crippen LogP contribution in [0.4, 0.5) is 0 Å². The van der Waals surface area contributed by atoms with Gasteiger partial charge in [-0.2, -0.15) is 0 Å². The molecule has 102 valence electrons. The van der Waals surface area contributed by atoms with Gasteiger partial charge in [-0.15, -0.1) is 0 Å². The summed E-state index contributed by atoms with van der Waals surface area (Å²) in [6.45, 7) is 4.20. The molecule has 1 atom stereocenters. The molecule has 2 aromatic heterocycles. The number of likely N-dealkylation sites (tertiary alicyclic amines) is 1. The lowest BCUT2D eigenvalue weighted by Crippen LogP contribution is -2.26. The standard InChI is InChI=1S/C15H21N3O/c1-12-5-6-14(19-12)15-16-8-11-18(15)10-7-13-4-3-9-17(13)2/h5-6,8,11,13H,3-4,7,9-10H2,1-2H3/t13-/m0/s1. The zero-order chi connectivity index (χ0) is 13.2. The van der Waals surface area contributed by atoms with Crippen LogP contribution in [0.3, 0.4) is 0 Å². The Morgan fingerprint density at radius 1 is 1.42 bits per heavy atom. The highest BCUT2D eigenvalue weighted by Crippen LogP contribution is 2.23. The van der Waals surface area contributed by atoms with Crippen molar-refractivity contribution < 1.29 is 4.42 Å². The number of hydrogen-bond acceptors (Lipinski definition) is 3. The minimum absolute atomic E-state index is 0.716. The Labute approximate surface area is 114 Å². The van der Waals surface area contributed by atoms with Crippen molar-refractivity contribution in [3.63, 3.8) is 0 Å². The summed E-state index contributed by atoms with van der Waals surface area (Å²) in [5.41, 5.74) is 0. The average molecular weight is 259 g/mol. The number of aryl methyl sites for hydroxylation is 2. The number of furan rings is 1. The fourth-order valence-electron chi connectivity index (χ4n) is 2.90. The van der Waals surface area contributed by atoms with Crippen molar-refractivity contribution in [3.05, 3.63) is 30.3 Å². The summed E-state index contributed by atoms with van der Waals surface area (Å²) in [5.74, 6) is 2.73. The van der Waals surface area contributed by atoms with E-state index in [1.54, 1.807) is 0 Å². The highest BCUT2D eigenvalue weighted by Gasteiger charge is 2.21. The fourth-order valence-corrected chi connectivity index (χ4v) is 2.90. The van der Waals surface area contributed by atoms with Crippen LogP contribution >= 0.6 is 0 Å². The molecule has 0 aromatic carbocycles. The van der Waals surface area contributed by atoms with Crippen molar-refractivity contribution >= 4 is 0 Å². The smallest absolute Gasteiger partial charge is 0.176 e. The summed E-state index contributed by atoms with van der Waals surface area (Å²) in [4.78, 5) is 6.89. The van der Waals surface area contributed by atoms with Crippen molar-refractivity contribution in [2.45, 2.75) is 38.8 Å². The summed E-state index contributed by atoms with van der Waals surface area (Å²) in [5, 5.41) is 0. The highest BCUT2D eigenvalue weighted by molar-refractivity contribution is 5.47. The summed E-state index contributed by atoms with van der Waals surface area (Å²) in [6.07, 6.45) is 7.73. The average Bonchev–Trinajstić information content (AvgIpc) is 3.07. The maximum atomic E-state index is 5.67. The Bertz CT molecular complexity index is 543. The van der Waals surface area contributed by atoms with Gasteiger partial charge in [0.2, 0.25) is 0 Å². The monoisotopic (exact) mass is 259 g/mol. The first-order valence-electron chi connectivity index (χ1n) is 7.02. The molecule has 0 N–H and O–H groups in total. The van der Waals surface area contributed by atoms with Gasteiger partial charge in [0.25, 0.3) is 0 Å². The van der Waals surface area contributed by atoms with E-state index >= 15 is 0 Å². The molecule has 0 unspecified atom stereocenters. The third kappa shape index (κ3) is 2.59. The van der Waals surface area contributed by atoms with Crippen molar-refractivity contribution in [1.82, 2.24) is 14.5 Å². The van der Waals surface area contributed by atoms with E-state index < -0.39 is 0 Å². The predicted molar refractivity (Wildman–Crippen MR) is 74.9 cm³/mol. The van der Waals surface area contributed by atoms with E-state index in [0.717, 1.165) is 23.9 Å². The maximum absolute atomic E-state index is 5.67. The van der Waals surface area contributed by atoms with Gasteiger partial charge in [-0.1, -0.05) is 0 Å². The molecule has 4 nitrogen and oxygen atoms in total. The molecule has 1 aliphatic rings. The topological polar surface area (TPSA) is 34.2 Å². The molecule has 2 aromatic rings. The van der Waals surface area contributed by atoms with Crippen LogP contribution in [0.25, 0.3) is 11.6 Å². The van der Waals surface area contributed by atoms with Crippen LogP contribution in [0, 0.1) is 6.92 Å². The Balaban J connectivity index is 1.70. The molecule has 3 rings (SSSR count). The molecular weight excluding hydrogens is 238 g/mol. The first-order chi connectivity index (χ1) is 9.24. The molecule has 3 heterocycles. The second-order valence-corrected chi connectivity index (χ2v) is 5.42. The van der Waals surface area contributed by atoms with Gasteiger partial charge in [0, 0.05) is 25.0 Å². The number of nitrogens with zero attached hydrogens (tertiary/aromatic N) is 3. The molecule has 1 aliphatic heterocycles. The summed E-state index contributed by atoms with van der Waals surface area (Å²) >= 11 is 0. The van der Waals surface area contributed by atoms with E-state index in [1.165, 1.54) is 25.8 Å². The van der Waals surface area contributed by atoms with Gasteiger partial charge in [-0.3, -0.25) is 0 Å². The number of rotatable bonds is 4. The van der Waals surface area contributed by atoms with E-state index in [2.05, 4.69) is 21.5 Å². The van der Waals surface area contributed by atoms with Crippen LogP contribution in [0.5, 0.6) is 0 Å². The second-order valence-electron chi connectivity index (χ2n) is 5.42. The van der Waals surface area contributed by atoms with Gasteiger partial charge in [0.05, 0.1) is 0 Å². The molecule has 0 radical (unpaired) electrons. The van der Waals surface area contributed by atoms with Crippen molar-refractivity contribution in [2.24, 2.45) is 0 Å². The van der Waals surface area contributed by atoms with Crippen molar-refractivity contribution in [3.8, 4) is 11.6 Å². The Morgan fingerprint density at radius 3 is 3.00 bits per heavy atom. The van der Waals surface area contributed by atoms with E-state index in [1.807, 2.05) is 31.5 Å². The predicted octanol–water partition coefficient (Wildman–Crippen LogP) is 2.94. The van der Waals surface area contributed by atoms with Crippen LogP contribution in [0.15, 0.2) is 28.9 Å². The van der Waals surface area contributed by atoms with Gasteiger partial charge < -0.3 is 13.9 Å². The van der Waals surface area contributed by atoms with E-state index in [0.29, 0.717) is 6.04 Å². The van der Waals surface area contributed by atoms with Gasteiger partial charge in [-0.05, 0) is 51.9 Å². The first kappa shape index (κ1) is 12.5. The van der Waals surface area contributed by atoms with Gasteiger partial charge in [0.15, 0.2) is 11.6 Å².